The van der Waals surface area contributed by atoms with E-state index in [0.29, 0.717) is 11.4 Å². The third kappa shape index (κ3) is 5.03. The molecule has 2 N–H and O–H groups in total. The lowest BCUT2D eigenvalue weighted by Gasteiger charge is -2.12. The third-order valence-corrected chi connectivity index (χ3v) is 4.14. The number of hydrogen-bond acceptors (Lipinski definition) is 3. The summed E-state index contributed by atoms with van der Waals surface area (Å²) in [5, 5.41) is 6.23. The number of amides is 1. The fourth-order valence-corrected chi connectivity index (χ4v) is 2.96. The Hall–Kier alpha value is -1.58. The summed E-state index contributed by atoms with van der Waals surface area (Å²) in [5.41, 5.74) is 0.645. The number of carbonyl (C=O) groups is 1. The summed E-state index contributed by atoms with van der Waals surface area (Å²) in [4.78, 5) is 16.5. The zero-order valence-electron chi connectivity index (χ0n) is 13.0. The van der Waals surface area contributed by atoms with E-state index >= 15 is 0 Å². The first-order valence-corrected chi connectivity index (χ1v) is 8.28. The van der Waals surface area contributed by atoms with Gasteiger partial charge >= 0.3 is 0 Å². The van der Waals surface area contributed by atoms with Crippen molar-refractivity contribution < 1.29 is 4.79 Å². The first kappa shape index (κ1) is 15.8. The average molecular weight is 289 g/mol. The molecule has 1 aliphatic carbocycles. The molecule has 4 heteroatoms. The molecule has 4 nitrogen and oxygen atoms in total. The van der Waals surface area contributed by atoms with Gasteiger partial charge in [0.05, 0.1) is 5.56 Å². The van der Waals surface area contributed by atoms with Gasteiger partial charge in [0.15, 0.2) is 0 Å². The molecule has 0 aromatic carbocycles. The van der Waals surface area contributed by atoms with Gasteiger partial charge in [0.1, 0.15) is 5.82 Å². The van der Waals surface area contributed by atoms with Gasteiger partial charge in [0.2, 0.25) is 0 Å². The van der Waals surface area contributed by atoms with Crippen molar-refractivity contribution >= 4 is 11.7 Å². The predicted octanol–water partition coefficient (Wildman–Crippen LogP) is 3.60. The van der Waals surface area contributed by atoms with Gasteiger partial charge in [-0.3, -0.25) is 4.79 Å². The second-order valence-electron chi connectivity index (χ2n) is 5.87. The molecule has 21 heavy (non-hydrogen) atoms. The van der Waals surface area contributed by atoms with Crippen LogP contribution in [0.5, 0.6) is 0 Å². The summed E-state index contributed by atoms with van der Waals surface area (Å²) < 4.78 is 0. The lowest BCUT2D eigenvalue weighted by molar-refractivity contribution is 0.0953. The van der Waals surface area contributed by atoms with Gasteiger partial charge in [-0.25, -0.2) is 4.98 Å². The van der Waals surface area contributed by atoms with Crippen molar-refractivity contribution in [1.29, 1.82) is 0 Å². The van der Waals surface area contributed by atoms with Crippen LogP contribution >= 0.6 is 0 Å². The minimum atomic E-state index is -0.0203. The van der Waals surface area contributed by atoms with E-state index in [2.05, 4.69) is 22.5 Å². The highest BCUT2D eigenvalue weighted by molar-refractivity contribution is 5.98. The lowest BCUT2D eigenvalue weighted by atomic mass is 10.0. The van der Waals surface area contributed by atoms with Crippen LogP contribution in [-0.4, -0.2) is 24.0 Å². The maximum atomic E-state index is 12.2. The molecule has 1 saturated carbocycles. The number of hydrogen-bond donors (Lipinski definition) is 2. The molecule has 1 aromatic heterocycles. The highest BCUT2D eigenvalue weighted by atomic mass is 16.1. The Morgan fingerprint density at radius 3 is 2.90 bits per heavy atom. The van der Waals surface area contributed by atoms with Crippen molar-refractivity contribution in [3.63, 3.8) is 0 Å². The van der Waals surface area contributed by atoms with Gasteiger partial charge < -0.3 is 10.6 Å². The van der Waals surface area contributed by atoms with Crippen LogP contribution in [0.3, 0.4) is 0 Å². The van der Waals surface area contributed by atoms with E-state index in [1.165, 1.54) is 32.1 Å². The highest BCUT2D eigenvalue weighted by Gasteiger charge is 2.15. The Balaban J connectivity index is 1.76. The Labute approximate surface area is 127 Å². The highest BCUT2D eigenvalue weighted by Crippen LogP contribution is 2.28. The minimum Gasteiger partial charge on any atom is -0.369 e. The molecule has 0 bridgehead atoms. The summed E-state index contributed by atoms with van der Waals surface area (Å²) in [6.07, 6.45) is 10.6. The SMILES string of the molecule is CCCNc1ncccc1C(=O)NCCCC1CCCC1. The molecule has 0 spiro atoms. The molecule has 0 unspecified atom stereocenters. The summed E-state index contributed by atoms with van der Waals surface area (Å²) in [7, 11) is 0. The van der Waals surface area contributed by atoms with Crippen LogP contribution in [0.15, 0.2) is 18.3 Å². The zero-order chi connectivity index (χ0) is 14.9. The number of aromatic nitrogens is 1. The van der Waals surface area contributed by atoms with Gasteiger partial charge in [0.25, 0.3) is 5.91 Å². The molecule has 116 valence electrons. The van der Waals surface area contributed by atoms with Gasteiger partial charge in [-0.05, 0) is 37.3 Å². The number of carbonyl (C=O) groups excluding carboxylic acids is 1. The summed E-state index contributed by atoms with van der Waals surface area (Å²) in [6.45, 7) is 3.69. The fourth-order valence-electron chi connectivity index (χ4n) is 2.96. The van der Waals surface area contributed by atoms with Crippen molar-refractivity contribution in [2.45, 2.75) is 51.9 Å². The lowest BCUT2D eigenvalue weighted by Crippen LogP contribution is -2.26. The Morgan fingerprint density at radius 1 is 1.33 bits per heavy atom. The average Bonchev–Trinajstić information content (AvgIpc) is 3.03. The van der Waals surface area contributed by atoms with E-state index < -0.39 is 0 Å². The summed E-state index contributed by atoms with van der Waals surface area (Å²) >= 11 is 0. The van der Waals surface area contributed by atoms with Gasteiger partial charge in [-0.1, -0.05) is 32.6 Å². The van der Waals surface area contributed by atoms with Crippen LogP contribution in [0.1, 0.15) is 62.2 Å². The number of nitrogens with one attached hydrogen (secondary N) is 2. The van der Waals surface area contributed by atoms with Crippen molar-refractivity contribution in [2.75, 3.05) is 18.4 Å². The van der Waals surface area contributed by atoms with E-state index in [4.69, 9.17) is 0 Å². The summed E-state index contributed by atoms with van der Waals surface area (Å²) in [6, 6.07) is 3.64. The van der Waals surface area contributed by atoms with Crippen LogP contribution in [0, 0.1) is 5.92 Å². The molecule has 0 saturated heterocycles. The Bertz CT molecular complexity index is 441. The molecule has 0 radical (unpaired) electrons. The van der Waals surface area contributed by atoms with E-state index in [0.717, 1.165) is 31.8 Å². The summed E-state index contributed by atoms with van der Waals surface area (Å²) in [5.74, 6) is 1.56. The molecule has 0 atom stereocenters. The standard InChI is InChI=1S/C17H27N3O/c1-2-11-18-16-15(10-6-12-19-16)17(21)20-13-5-9-14-7-3-4-8-14/h6,10,12,14H,2-5,7-9,11,13H2,1H3,(H,18,19)(H,20,21). The van der Waals surface area contributed by atoms with Crippen molar-refractivity contribution in [3.8, 4) is 0 Å². The van der Waals surface area contributed by atoms with Crippen LogP contribution in [0.25, 0.3) is 0 Å². The Kier molecular flexibility index (Phi) is 6.51. The van der Waals surface area contributed by atoms with Crippen LogP contribution in [0.4, 0.5) is 5.82 Å². The molecular formula is C17H27N3O. The van der Waals surface area contributed by atoms with Crippen LogP contribution in [-0.2, 0) is 0 Å². The Morgan fingerprint density at radius 2 is 2.14 bits per heavy atom. The first-order chi connectivity index (χ1) is 10.3. The van der Waals surface area contributed by atoms with Gasteiger partial charge in [-0.15, -0.1) is 0 Å². The number of pyridine rings is 1. The quantitative estimate of drug-likeness (QED) is 0.719. The molecule has 1 aromatic rings. The van der Waals surface area contributed by atoms with Crippen LogP contribution < -0.4 is 10.6 Å². The maximum absolute atomic E-state index is 12.2. The minimum absolute atomic E-state index is 0.0203. The van der Waals surface area contributed by atoms with Gasteiger partial charge in [-0.2, -0.15) is 0 Å². The third-order valence-electron chi connectivity index (χ3n) is 4.14. The van der Waals surface area contributed by atoms with Crippen LogP contribution in [0.2, 0.25) is 0 Å². The fraction of sp³-hybridized carbons (Fsp3) is 0.647. The van der Waals surface area contributed by atoms with E-state index in [-0.39, 0.29) is 5.91 Å². The molecule has 1 amide bonds. The normalized spacial score (nSPS) is 15.1. The van der Waals surface area contributed by atoms with Crippen molar-refractivity contribution in [2.24, 2.45) is 5.92 Å². The predicted molar refractivity (Wildman–Crippen MR) is 86.5 cm³/mol. The zero-order valence-corrected chi connectivity index (χ0v) is 13.0. The van der Waals surface area contributed by atoms with E-state index in [1.54, 1.807) is 6.20 Å². The molecular weight excluding hydrogens is 262 g/mol. The maximum Gasteiger partial charge on any atom is 0.255 e. The number of nitrogens with zero attached hydrogens (tertiary/aromatic N) is 1. The number of rotatable bonds is 8. The molecule has 0 aliphatic heterocycles. The molecule has 1 fully saturated rings. The second kappa shape index (κ2) is 8.65. The van der Waals surface area contributed by atoms with E-state index in [9.17, 15) is 4.79 Å². The molecule has 2 rings (SSSR count). The number of anilines is 1. The first-order valence-electron chi connectivity index (χ1n) is 8.28. The van der Waals surface area contributed by atoms with E-state index in [1.807, 2.05) is 12.1 Å². The second-order valence-corrected chi connectivity index (χ2v) is 5.87. The smallest absolute Gasteiger partial charge is 0.255 e. The molecule has 1 aliphatic rings. The topological polar surface area (TPSA) is 54.0 Å². The molecule has 1 heterocycles. The van der Waals surface area contributed by atoms with Crippen molar-refractivity contribution in [1.82, 2.24) is 10.3 Å². The monoisotopic (exact) mass is 289 g/mol. The largest absolute Gasteiger partial charge is 0.369 e. The van der Waals surface area contributed by atoms with Gasteiger partial charge in [0, 0.05) is 19.3 Å². The van der Waals surface area contributed by atoms with Crippen molar-refractivity contribution in [3.05, 3.63) is 23.9 Å².